The van der Waals surface area contributed by atoms with Crippen molar-refractivity contribution in [2.24, 2.45) is 0 Å². The van der Waals surface area contributed by atoms with Gasteiger partial charge in [0.15, 0.2) is 0 Å². The SMILES string of the molecule is COc1ccc(/C=C2/CCOC2)cc1. The first-order valence-electron chi connectivity index (χ1n) is 4.80. The maximum Gasteiger partial charge on any atom is 0.118 e. The molecule has 74 valence electrons. The van der Waals surface area contributed by atoms with E-state index >= 15 is 0 Å². The van der Waals surface area contributed by atoms with Crippen LogP contribution in [0.3, 0.4) is 0 Å². The fourth-order valence-corrected chi connectivity index (χ4v) is 1.53. The van der Waals surface area contributed by atoms with Crippen LogP contribution in [0.1, 0.15) is 12.0 Å². The lowest BCUT2D eigenvalue weighted by Crippen LogP contribution is -1.84. The van der Waals surface area contributed by atoms with Crippen LogP contribution in [-0.2, 0) is 4.74 Å². The fraction of sp³-hybridized carbons (Fsp3) is 0.333. The molecule has 0 bridgehead atoms. The lowest BCUT2D eigenvalue weighted by Gasteiger charge is -2.00. The van der Waals surface area contributed by atoms with Gasteiger partial charge in [-0.2, -0.15) is 0 Å². The van der Waals surface area contributed by atoms with Crippen molar-refractivity contribution in [3.05, 3.63) is 35.4 Å². The van der Waals surface area contributed by atoms with Crippen LogP contribution >= 0.6 is 0 Å². The van der Waals surface area contributed by atoms with Crippen LogP contribution in [-0.4, -0.2) is 20.3 Å². The van der Waals surface area contributed by atoms with Crippen LogP contribution < -0.4 is 4.74 Å². The summed E-state index contributed by atoms with van der Waals surface area (Å²) < 4.78 is 10.4. The maximum absolute atomic E-state index is 5.28. The van der Waals surface area contributed by atoms with E-state index in [1.807, 2.05) is 12.1 Å². The van der Waals surface area contributed by atoms with Gasteiger partial charge in [0.25, 0.3) is 0 Å². The Morgan fingerprint density at radius 3 is 2.64 bits per heavy atom. The molecule has 2 nitrogen and oxygen atoms in total. The molecule has 0 radical (unpaired) electrons. The van der Waals surface area contributed by atoms with E-state index in [0.717, 1.165) is 25.4 Å². The Labute approximate surface area is 84.2 Å². The van der Waals surface area contributed by atoms with Crippen molar-refractivity contribution in [3.8, 4) is 5.75 Å². The summed E-state index contributed by atoms with van der Waals surface area (Å²) in [5.74, 6) is 0.898. The molecule has 1 fully saturated rings. The Morgan fingerprint density at radius 2 is 2.07 bits per heavy atom. The average Bonchev–Trinajstić information content (AvgIpc) is 2.72. The Hall–Kier alpha value is -1.28. The highest BCUT2D eigenvalue weighted by Gasteiger charge is 2.05. The lowest BCUT2D eigenvalue weighted by atomic mass is 10.1. The highest BCUT2D eigenvalue weighted by atomic mass is 16.5. The van der Waals surface area contributed by atoms with Gasteiger partial charge in [-0.25, -0.2) is 0 Å². The molecule has 1 saturated heterocycles. The smallest absolute Gasteiger partial charge is 0.118 e. The quantitative estimate of drug-likeness (QED) is 0.713. The lowest BCUT2D eigenvalue weighted by molar-refractivity contribution is 0.205. The van der Waals surface area contributed by atoms with E-state index in [-0.39, 0.29) is 0 Å². The van der Waals surface area contributed by atoms with Crippen molar-refractivity contribution in [3.63, 3.8) is 0 Å². The maximum atomic E-state index is 5.28. The zero-order valence-electron chi connectivity index (χ0n) is 8.32. The van der Waals surface area contributed by atoms with Gasteiger partial charge >= 0.3 is 0 Å². The van der Waals surface area contributed by atoms with E-state index in [1.54, 1.807) is 7.11 Å². The second-order valence-electron chi connectivity index (χ2n) is 3.38. The Kier molecular flexibility index (Phi) is 2.84. The Morgan fingerprint density at radius 1 is 1.29 bits per heavy atom. The summed E-state index contributed by atoms with van der Waals surface area (Å²) >= 11 is 0. The van der Waals surface area contributed by atoms with Crippen LogP contribution in [0.5, 0.6) is 5.75 Å². The van der Waals surface area contributed by atoms with Crippen LogP contribution in [0.15, 0.2) is 29.8 Å². The third kappa shape index (κ3) is 2.15. The van der Waals surface area contributed by atoms with Crippen LogP contribution in [0.2, 0.25) is 0 Å². The predicted molar refractivity (Wildman–Crippen MR) is 56.4 cm³/mol. The van der Waals surface area contributed by atoms with Gasteiger partial charge in [0.2, 0.25) is 0 Å². The molecule has 0 unspecified atom stereocenters. The standard InChI is InChI=1S/C12H14O2/c1-13-12-4-2-10(3-5-12)8-11-6-7-14-9-11/h2-5,8H,6-7,9H2,1H3/b11-8-. The number of methoxy groups -OCH3 is 1. The first kappa shape index (κ1) is 9.28. The highest BCUT2D eigenvalue weighted by molar-refractivity contribution is 5.54. The molecule has 0 saturated carbocycles. The van der Waals surface area contributed by atoms with Gasteiger partial charge in [-0.1, -0.05) is 18.2 Å². The topological polar surface area (TPSA) is 18.5 Å². The molecule has 14 heavy (non-hydrogen) atoms. The van der Waals surface area contributed by atoms with E-state index in [1.165, 1.54) is 11.1 Å². The second-order valence-corrected chi connectivity index (χ2v) is 3.38. The van der Waals surface area contributed by atoms with Crippen molar-refractivity contribution >= 4 is 6.08 Å². The molecule has 1 aromatic rings. The summed E-state index contributed by atoms with van der Waals surface area (Å²) in [6.45, 7) is 1.65. The van der Waals surface area contributed by atoms with Crippen molar-refractivity contribution < 1.29 is 9.47 Å². The van der Waals surface area contributed by atoms with Crippen LogP contribution in [0.4, 0.5) is 0 Å². The average molecular weight is 190 g/mol. The van der Waals surface area contributed by atoms with Gasteiger partial charge in [-0.3, -0.25) is 0 Å². The Bertz CT molecular complexity index is 317. The fourth-order valence-electron chi connectivity index (χ4n) is 1.53. The van der Waals surface area contributed by atoms with Crippen LogP contribution in [0.25, 0.3) is 6.08 Å². The zero-order valence-corrected chi connectivity index (χ0v) is 8.32. The van der Waals surface area contributed by atoms with E-state index in [4.69, 9.17) is 9.47 Å². The zero-order chi connectivity index (χ0) is 9.80. The summed E-state index contributed by atoms with van der Waals surface area (Å²) in [6, 6.07) is 8.07. The summed E-state index contributed by atoms with van der Waals surface area (Å²) in [5, 5.41) is 0. The summed E-state index contributed by atoms with van der Waals surface area (Å²) in [4.78, 5) is 0. The van der Waals surface area contributed by atoms with E-state index in [0.29, 0.717) is 0 Å². The monoisotopic (exact) mass is 190 g/mol. The minimum atomic E-state index is 0.784. The van der Waals surface area contributed by atoms with Crippen molar-refractivity contribution in [2.75, 3.05) is 20.3 Å². The second kappa shape index (κ2) is 4.29. The molecule has 2 rings (SSSR count). The molecular weight excluding hydrogens is 176 g/mol. The first-order valence-corrected chi connectivity index (χ1v) is 4.80. The van der Waals surface area contributed by atoms with Crippen molar-refractivity contribution in [2.45, 2.75) is 6.42 Å². The van der Waals surface area contributed by atoms with Crippen molar-refractivity contribution in [1.82, 2.24) is 0 Å². The van der Waals surface area contributed by atoms with Gasteiger partial charge in [-0.15, -0.1) is 0 Å². The molecule has 2 heteroatoms. The molecule has 0 spiro atoms. The molecule has 0 amide bonds. The van der Waals surface area contributed by atoms with E-state index < -0.39 is 0 Å². The third-order valence-corrected chi connectivity index (χ3v) is 2.34. The van der Waals surface area contributed by atoms with Gasteiger partial charge in [0, 0.05) is 0 Å². The van der Waals surface area contributed by atoms with E-state index in [2.05, 4.69) is 18.2 Å². The number of hydrogen-bond donors (Lipinski definition) is 0. The molecule has 0 N–H and O–H groups in total. The minimum Gasteiger partial charge on any atom is -0.497 e. The highest BCUT2D eigenvalue weighted by Crippen LogP contribution is 2.17. The molecule has 1 aliphatic rings. The largest absolute Gasteiger partial charge is 0.497 e. The molecule has 1 aliphatic heterocycles. The summed E-state index contributed by atoms with van der Waals surface area (Å²) in [5.41, 5.74) is 2.58. The normalized spacial score (nSPS) is 18.8. The van der Waals surface area contributed by atoms with Gasteiger partial charge < -0.3 is 9.47 Å². The molecular formula is C12H14O2. The molecule has 0 aromatic heterocycles. The number of rotatable bonds is 2. The van der Waals surface area contributed by atoms with Crippen molar-refractivity contribution in [1.29, 1.82) is 0 Å². The van der Waals surface area contributed by atoms with Crippen LogP contribution in [0, 0.1) is 0 Å². The predicted octanol–water partition coefficient (Wildman–Crippen LogP) is 2.50. The number of ether oxygens (including phenoxy) is 2. The molecule has 1 aromatic carbocycles. The molecule has 0 aliphatic carbocycles. The summed E-state index contributed by atoms with van der Waals surface area (Å²) in [7, 11) is 1.68. The van der Waals surface area contributed by atoms with Gasteiger partial charge in [0.05, 0.1) is 20.3 Å². The molecule has 0 atom stereocenters. The molecule has 1 heterocycles. The summed E-state index contributed by atoms with van der Waals surface area (Å²) in [6.07, 6.45) is 3.25. The first-order chi connectivity index (χ1) is 6.88. The third-order valence-electron chi connectivity index (χ3n) is 2.34. The number of benzene rings is 1. The van der Waals surface area contributed by atoms with E-state index in [9.17, 15) is 0 Å². The van der Waals surface area contributed by atoms with Gasteiger partial charge in [0.1, 0.15) is 5.75 Å². The van der Waals surface area contributed by atoms with Gasteiger partial charge in [-0.05, 0) is 29.7 Å². The Balaban J connectivity index is 2.12. The number of hydrogen-bond acceptors (Lipinski definition) is 2. The minimum absolute atomic E-state index is 0.784.